The van der Waals surface area contributed by atoms with E-state index in [1.807, 2.05) is 16.0 Å². The number of rotatable bonds is 6. The zero-order valence-electron chi connectivity index (χ0n) is 14.9. The van der Waals surface area contributed by atoms with Gasteiger partial charge in [0.05, 0.1) is 16.7 Å². The van der Waals surface area contributed by atoms with E-state index in [1.165, 1.54) is 49.2 Å². The summed E-state index contributed by atoms with van der Waals surface area (Å²) in [5.41, 5.74) is 1.65. The molecule has 6 rings (SSSR count). The van der Waals surface area contributed by atoms with Crippen molar-refractivity contribution >= 4 is 11.3 Å². The highest BCUT2D eigenvalue weighted by atomic mass is 32.1. The van der Waals surface area contributed by atoms with Crippen LogP contribution in [0.5, 0.6) is 0 Å². The minimum atomic E-state index is 0.309. The predicted molar refractivity (Wildman–Crippen MR) is 98.4 cm³/mol. The van der Waals surface area contributed by atoms with Crippen molar-refractivity contribution in [2.75, 3.05) is 6.54 Å². The molecule has 4 fully saturated rings. The first-order valence-electron chi connectivity index (χ1n) is 9.70. The standard InChI is InChI=1S/C19H27N5S/c1-13(24-12-21-11-22-24)8-20-9-17-10-25-18(23-17)19-5-14-2-15(6-19)4-16(3-14)7-19/h10-16,20H,2-9H2,1H3/t13-,14?,15?,16?,19?/m0/s1. The van der Waals surface area contributed by atoms with Crippen LogP contribution in [0.25, 0.3) is 0 Å². The zero-order valence-corrected chi connectivity index (χ0v) is 15.7. The van der Waals surface area contributed by atoms with Gasteiger partial charge >= 0.3 is 0 Å². The van der Waals surface area contributed by atoms with E-state index in [1.54, 1.807) is 12.7 Å². The molecule has 4 bridgehead atoms. The third-order valence-corrected chi connectivity index (χ3v) is 7.82. The fourth-order valence-electron chi connectivity index (χ4n) is 5.95. The van der Waals surface area contributed by atoms with Gasteiger partial charge < -0.3 is 5.32 Å². The summed E-state index contributed by atoms with van der Waals surface area (Å²) in [6.45, 7) is 3.89. The number of hydrogen-bond acceptors (Lipinski definition) is 5. The number of nitrogens with zero attached hydrogens (tertiary/aromatic N) is 4. The van der Waals surface area contributed by atoms with Crippen LogP contribution in [-0.2, 0) is 12.0 Å². The molecule has 4 saturated carbocycles. The van der Waals surface area contributed by atoms with Crippen molar-refractivity contribution in [3.05, 3.63) is 28.7 Å². The van der Waals surface area contributed by atoms with Gasteiger partial charge in [-0.25, -0.2) is 14.6 Å². The lowest BCUT2D eigenvalue weighted by Crippen LogP contribution is -2.48. The Morgan fingerprint density at radius 3 is 2.60 bits per heavy atom. The highest BCUT2D eigenvalue weighted by molar-refractivity contribution is 7.09. The van der Waals surface area contributed by atoms with Gasteiger partial charge in [0.2, 0.25) is 0 Å². The van der Waals surface area contributed by atoms with Crippen molar-refractivity contribution in [2.45, 2.75) is 63.5 Å². The van der Waals surface area contributed by atoms with Crippen molar-refractivity contribution in [3.8, 4) is 0 Å². The van der Waals surface area contributed by atoms with Crippen LogP contribution in [-0.4, -0.2) is 26.3 Å². The molecule has 2 aromatic heterocycles. The smallest absolute Gasteiger partial charge is 0.137 e. The Bertz CT molecular complexity index is 687. The van der Waals surface area contributed by atoms with Crippen molar-refractivity contribution in [2.24, 2.45) is 17.8 Å². The molecule has 1 N–H and O–H groups in total. The Balaban J connectivity index is 1.22. The first-order valence-corrected chi connectivity index (χ1v) is 10.6. The summed E-state index contributed by atoms with van der Waals surface area (Å²) in [4.78, 5) is 9.10. The van der Waals surface area contributed by atoms with Crippen LogP contribution in [0.1, 0.15) is 62.2 Å². The highest BCUT2D eigenvalue weighted by Crippen LogP contribution is 2.61. The minimum Gasteiger partial charge on any atom is -0.309 e. The van der Waals surface area contributed by atoms with E-state index in [0.29, 0.717) is 11.5 Å². The predicted octanol–water partition coefficient (Wildman–Crippen LogP) is 3.55. The van der Waals surface area contributed by atoms with Gasteiger partial charge in [0, 0.05) is 23.9 Å². The molecular formula is C19H27N5S. The van der Waals surface area contributed by atoms with Gasteiger partial charge in [-0.1, -0.05) is 0 Å². The Labute approximate surface area is 153 Å². The summed E-state index contributed by atoms with van der Waals surface area (Å²) in [5.74, 6) is 2.96. The molecule has 0 unspecified atom stereocenters. The van der Waals surface area contributed by atoms with E-state index in [2.05, 4.69) is 27.7 Å². The van der Waals surface area contributed by atoms with Gasteiger partial charge in [-0.2, -0.15) is 5.10 Å². The van der Waals surface area contributed by atoms with Crippen LogP contribution >= 0.6 is 11.3 Å². The topological polar surface area (TPSA) is 55.6 Å². The fraction of sp³-hybridized carbons (Fsp3) is 0.737. The number of hydrogen-bond donors (Lipinski definition) is 1. The molecule has 134 valence electrons. The van der Waals surface area contributed by atoms with Crippen molar-refractivity contribution in [1.29, 1.82) is 0 Å². The summed E-state index contributed by atoms with van der Waals surface area (Å²) in [6.07, 6.45) is 12.1. The van der Waals surface area contributed by atoms with E-state index in [0.717, 1.165) is 30.8 Å². The van der Waals surface area contributed by atoms with Crippen LogP contribution in [0.4, 0.5) is 0 Å². The van der Waals surface area contributed by atoms with Crippen molar-refractivity contribution in [1.82, 2.24) is 25.1 Å². The molecule has 25 heavy (non-hydrogen) atoms. The summed E-state index contributed by atoms with van der Waals surface area (Å²) in [5, 5.41) is 11.5. The minimum absolute atomic E-state index is 0.309. The SMILES string of the molecule is C[C@@H](CNCc1csc(C23CC4CC(CC(C4)C2)C3)n1)n1cncn1. The molecule has 6 heteroatoms. The van der Waals surface area contributed by atoms with E-state index in [-0.39, 0.29) is 0 Å². The Morgan fingerprint density at radius 1 is 1.24 bits per heavy atom. The second-order valence-electron chi connectivity index (χ2n) is 8.70. The summed E-state index contributed by atoms with van der Waals surface area (Å²) in [6, 6.07) is 0.309. The quantitative estimate of drug-likeness (QED) is 0.859. The average molecular weight is 358 g/mol. The molecule has 0 amide bonds. The lowest BCUT2D eigenvalue weighted by Gasteiger charge is -2.56. The molecular weight excluding hydrogens is 330 g/mol. The normalized spacial score (nSPS) is 34.5. The van der Waals surface area contributed by atoms with E-state index in [9.17, 15) is 0 Å². The average Bonchev–Trinajstić information content (AvgIpc) is 3.26. The van der Waals surface area contributed by atoms with Gasteiger partial charge in [0.15, 0.2) is 0 Å². The molecule has 0 aliphatic heterocycles. The van der Waals surface area contributed by atoms with Crippen molar-refractivity contribution in [3.63, 3.8) is 0 Å². The first-order chi connectivity index (χ1) is 12.2. The third-order valence-electron chi connectivity index (χ3n) is 6.68. The van der Waals surface area contributed by atoms with Gasteiger partial charge in [0.1, 0.15) is 12.7 Å². The molecule has 2 aromatic rings. The Morgan fingerprint density at radius 2 is 1.96 bits per heavy atom. The summed E-state index contributed by atoms with van der Waals surface area (Å²) >= 11 is 1.92. The molecule has 0 spiro atoms. The lowest BCUT2D eigenvalue weighted by molar-refractivity contribution is -0.00534. The van der Waals surface area contributed by atoms with Gasteiger partial charge in [-0.15, -0.1) is 11.3 Å². The van der Waals surface area contributed by atoms with Crippen molar-refractivity contribution < 1.29 is 0 Å². The molecule has 0 aromatic carbocycles. The second-order valence-corrected chi connectivity index (χ2v) is 9.56. The highest BCUT2D eigenvalue weighted by Gasteiger charge is 2.52. The number of nitrogens with one attached hydrogen (secondary N) is 1. The molecule has 2 heterocycles. The molecule has 1 atom stereocenters. The van der Waals surface area contributed by atoms with E-state index in [4.69, 9.17) is 4.98 Å². The van der Waals surface area contributed by atoms with Crippen LogP contribution < -0.4 is 5.32 Å². The van der Waals surface area contributed by atoms with E-state index >= 15 is 0 Å². The largest absolute Gasteiger partial charge is 0.309 e. The lowest BCUT2D eigenvalue weighted by atomic mass is 9.50. The number of aromatic nitrogens is 4. The second kappa shape index (κ2) is 6.16. The van der Waals surface area contributed by atoms with Gasteiger partial charge in [-0.05, 0) is 63.2 Å². The maximum absolute atomic E-state index is 5.08. The molecule has 4 aliphatic rings. The van der Waals surface area contributed by atoms with Gasteiger partial charge in [0.25, 0.3) is 0 Å². The van der Waals surface area contributed by atoms with Crippen LogP contribution in [0.2, 0.25) is 0 Å². The van der Waals surface area contributed by atoms with Crippen LogP contribution in [0.3, 0.4) is 0 Å². The molecule has 0 radical (unpaired) electrons. The van der Waals surface area contributed by atoms with Gasteiger partial charge in [-0.3, -0.25) is 0 Å². The Hall–Kier alpha value is -1.27. The maximum Gasteiger partial charge on any atom is 0.137 e. The molecule has 0 saturated heterocycles. The molecule has 5 nitrogen and oxygen atoms in total. The number of thiazole rings is 1. The molecule has 4 aliphatic carbocycles. The summed E-state index contributed by atoms with van der Waals surface area (Å²) in [7, 11) is 0. The third kappa shape index (κ3) is 2.93. The van der Waals surface area contributed by atoms with Crippen LogP contribution in [0.15, 0.2) is 18.0 Å². The monoisotopic (exact) mass is 357 g/mol. The van der Waals surface area contributed by atoms with Crippen LogP contribution in [0, 0.1) is 17.8 Å². The zero-order chi connectivity index (χ0) is 16.9. The summed E-state index contributed by atoms with van der Waals surface area (Å²) < 4.78 is 1.90. The maximum atomic E-state index is 5.08. The Kier molecular flexibility index (Phi) is 3.93. The first kappa shape index (κ1) is 15.9. The fourth-order valence-corrected chi connectivity index (χ4v) is 7.01. The van der Waals surface area contributed by atoms with E-state index < -0.39 is 0 Å².